The van der Waals surface area contributed by atoms with Crippen molar-refractivity contribution in [1.82, 2.24) is 25.5 Å². The predicted molar refractivity (Wildman–Crippen MR) is 76.5 cm³/mol. The predicted octanol–water partition coefficient (Wildman–Crippen LogP) is 0.528. The van der Waals surface area contributed by atoms with E-state index in [1.54, 1.807) is 17.7 Å². The Kier molecular flexibility index (Phi) is 3.66. The smallest absolute Gasteiger partial charge is 0.255 e. The molecule has 116 valence electrons. The number of carbonyl (C=O) groups is 1. The monoisotopic (exact) mass is 303 g/mol. The molecule has 2 aromatic rings. The van der Waals surface area contributed by atoms with Crippen molar-refractivity contribution in [2.75, 3.05) is 0 Å². The van der Waals surface area contributed by atoms with Crippen LogP contribution in [0.2, 0.25) is 0 Å². The van der Waals surface area contributed by atoms with Crippen molar-refractivity contribution in [1.29, 1.82) is 0 Å². The van der Waals surface area contributed by atoms with Gasteiger partial charge < -0.3 is 15.5 Å². The Morgan fingerprint density at radius 1 is 1.32 bits per heavy atom. The molecule has 0 fully saturated rings. The molecule has 0 radical (unpaired) electrons. The van der Waals surface area contributed by atoms with Gasteiger partial charge in [0.1, 0.15) is 0 Å². The van der Waals surface area contributed by atoms with E-state index in [9.17, 15) is 15.0 Å². The summed E-state index contributed by atoms with van der Waals surface area (Å²) in [4.78, 5) is 12.3. The van der Waals surface area contributed by atoms with Gasteiger partial charge in [0.15, 0.2) is 17.3 Å². The molecule has 0 aliphatic carbocycles. The Bertz CT molecular complexity index is 690. The first-order valence-electron chi connectivity index (χ1n) is 7.13. The Hall–Kier alpha value is -2.64. The highest BCUT2D eigenvalue weighted by molar-refractivity contribution is 5.98. The zero-order valence-electron chi connectivity index (χ0n) is 12.2. The normalized spacial score (nSPS) is 17.6. The molecule has 8 nitrogen and oxygen atoms in total. The third-order valence-corrected chi connectivity index (χ3v) is 3.94. The highest BCUT2D eigenvalue weighted by atomic mass is 16.3. The molecule has 0 saturated carbocycles. The van der Waals surface area contributed by atoms with Crippen LogP contribution in [0.25, 0.3) is 0 Å². The maximum absolute atomic E-state index is 12.3. The Morgan fingerprint density at radius 2 is 2.14 bits per heavy atom. The summed E-state index contributed by atoms with van der Waals surface area (Å²) in [7, 11) is 0. The van der Waals surface area contributed by atoms with Crippen LogP contribution < -0.4 is 5.32 Å². The molecule has 1 aromatic carbocycles. The van der Waals surface area contributed by atoms with Gasteiger partial charge >= 0.3 is 0 Å². The highest BCUT2D eigenvalue weighted by Crippen LogP contribution is 2.32. The summed E-state index contributed by atoms with van der Waals surface area (Å²) in [6, 6.07) is 3.06. The van der Waals surface area contributed by atoms with Gasteiger partial charge in [0.25, 0.3) is 5.91 Å². The van der Waals surface area contributed by atoms with Crippen molar-refractivity contribution in [3.8, 4) is 11.5 Å². The molecule has 0 bridgehead atoms. The van der Waals surface area contributed by atoms with Gasteiger partial charge in [-0.3, -0.25) is 4.79 Å². The first-order chi connectivity index (χ1) is 10.6. The van der Waals surface area contributed by atoms with Gasteiger partial charge in [-0.15, -0.1) is 5.10 Å². The number of rotatable bonds is 2. The SMILES string of the molecule is Cc1ccc(C(=O)NC2CCc3nnnn3CC2)c(O)c1O. The van der Waals surface area contributed by atoms with E-state index in [0.29, 0.717) is 24.9 Å². The van der Waals surface area contributed by atoms with Crippen molar-refractivity contribution in [2.24, 2.45) is 0 Å². The fourth-order valence-corrected chi connectivity index (χ4v) is 2.57. The lowest BCUT2D eigenvalue weighted by molar-refractivity contribution is 0.0929. The molecule has 8 heteroatoms. The number of hydrogen-bond donors (Lipinski definition) is 3. The number of fused-ring (bicyclic) bond motifs is 1. The first-order valence-corrected chi connectivity index (χ1v) is 7.13. The average Bonchev–Trinajstić information content (AvgIpc) is 2.87. The fourth-order valence-electron chi connectivity index (χ4n) is 2.57. The zero-order valence-corrected chi connectivity index (χ0v) is 12.2. The highest BCUT2D eigenvalue weighted by Gasteiger charge is 2.22. The topological polar surface area (TPSA) is 113 Å². The van der Waals surface area contributed by atoms with Gasteiger partial charge in [0.05, 0.1) is 5.56 Å². The van der Waals surface area contributed by atoms with E-state index in [1.807, 2.05) is 0 Å². The van der Waals surface area contributed by atoms with Gasteiger partial charge in [-0.25, -0.2) is 4.68 Å². The molecule has 0 saturated heterocycles. The second-order valence-corrected chi connectivity index (χ2v) is 5.44. The summed E-state index contributed by atoms with van der Waals surface area (Å²) in [5.74, 6) is -0.232. The lowest BCUT2D eigenvalue weighted by Gasteiger charge is -2.16. The third kappa shape index (κ3) is 2.59. The molecule has 3 N–H and O–H groups in total. The molecular formula is C14H17N5O3. The van der Waals surface area contributed by atoms with Gasteiger partial charge in [0, 0.05) is 19.0 Å². The number of hydrogen-bond acceptors (Lipinski definition) is 6. The molecule has 1 unspecified atom stereocenters. The Balaban J connectivity index is 1.70. The van der Waals surface area contributed by atoms with Crippen molar-refractivity contribution < 1.29 is 15.0 Å². The number of aryl methyl sites for hydroxylation is 3. The van der Waals surface area contributed by atoms with Crippen molar-refractivity contribution in [3.63, 3.8) is 0 Å². The largest absolute Gasteiger partial charge is 0.504 e. The van der Waals surface area contributed by atoms with Crippen LogP contribution in [0.1, 0.15) is 34.6 Å². The second kappa shape index (κ2) is 5.63. The van der Waals surface area contributed by atoms with Crippen molar-refractivity contribution >= 4 is 5.91 Å². The van der Waals surface area contributed by atoms with Crippen LogP contribution in [0, 0.1) is 6.92 Å². The number of phenols is 2. The van der Waals surface area contributed by atoms with Crippen molar-refractivity contribution in [2.45, 2.75) is 38.8 Å². The molecule has 1 aliphatic rings. The standard InChI is InChI=1S/C14H17N5O3/c1-8-2-4-10(13(21)12(8)20)14(22)15-9-3-5-11-16-17-18-19(11)7-6-9/h2,4,9,20-21H,3,5-7H2,1H3,(H,15,22). The molecule has 1 amide bonds. The lowest BCUT2D eigenvalue weighted by atomic mass is 10.1. The maximum Gasteiger partial charge on any atom is 0.255 e. The number of benzene rings is 1. The van der Waals surface area contributed by atoms with Crippen molar-refractivity contribution in [3.05, 3.63) is 29.1 Å². The number of nitrogens with zero attached hydrogens (tertiary/aromatic N) is 4. The van der Waals surface area contributed by atoms with E-state index in [1.165, 1.54) is 6.07 Å². The lowest BCUT2D eigenvalue weighted by Crippen LogP contribution is -2.35. The summed E-state index contributed by atoms with van der Waals surface area (Å²) < 4.78 is 1.74. The van der Waals surface area contributed by atoms with Gasteiger partial charge in [-0.2, -0.15) is 0 Å². The van der Waals surface area contributed by atoms with Gasteiger partial charge in [0.2, 0.25) is 0 Å². The fraction of sp³-hybridized carbons (Fsp3) is 0.429. The summed E-state index contributed by atoms with van der Waals surface area (Å²) in [5, 5.41) is 34.0. The van der Waals surface area contributed by atoms with Gasteiger partial charge in [-0.1, -0.05) is 6.07 Å². The van der Waals surface area contributed by atoms with Crippen LogP contribution >= 0.6 is 0 Å². The summed E-state index contributed by atoms with van der Waals surface area (Å²) >= 11 is 0. The summed E-state index contributed by atoms with van der Waals surface area (Å²) in [6.07, 6.45) is 2.12. The van der Waals surface area contributed by atoms with E-state index in [-0.39, 0.29) is 23.1 Å². The number of aromatic nitrogens is 4. The van der Waals surface area contributed by atoms with Crippen LogP contribution in [0.3, 0.4) is 0 Å². The molecular weight excluding hydrogens is 286 g/mol. The quantitative estimate of drug-likeness (QED) is 0.697. The molecule has 3 rings (SSSR count). The molecule has 22 heavy (non-hydrogen) atoms. The van der Waals surface area contributed by atoms with Crippen LogP contribution in [0.4, 0.5) is 0 Å². The van der Waals surface area contributed by atoms with Crippen LogP contribution in [0.5, 0.6) is 11.5 Å². The van der Waals surface area contributed by atoms with E-state index in [4.69, 9.17) is 0 Å². The van der Waals surface area contributed by atoms with Crippen LogP contribution in [-0.2, 0) is 13.0 Å². The van der Waals surface area contributed by atoms with Crippen LogP contribution in [0.15, 0.2) is 12.1 Å². The zero-order chi connectivity index (χ0) is 15.7. The third-order valence-electron chi connectivity index (χ3n) is 3.94. The Morgan fingerprint density at radius 3 is 2.95 bits per heavy atom. The van der Waals surface area contributed by atoms with E-state index in [0.717, 1.165) is 12.2 Å². The average molecular weight is 303 g/mol. The number of amides is 1. The minimum atomic E-state index is -0.400. The molecule has 0 spiro atoms. The van der Waals surface area contributed by atoms with E-state index < -0.39 is 5.91 Å². The number of carbonyl (C=O) groups excluding carboxylic acids is 1. The molecule has 1 aromatic heterocycles. The first kappa shape index (κ1) is 14.3. The number of phenolic OH excluding ortho intramolecular Hbond substituents is 2. The summed E-state index contributed by atoms with van der Waals surface area (Å²) in [6.45, 7) is 2.29. The second-order valence-electron chi connectivity index (χ2n) is 5.44. The summed E-state index contributed by atoms with van der Waals surface area (Å²) in [5.41, 5.74) is 0.595. The van der Waals surface area contributed by atoms with Crippen LogP contribution in [-0.4, -0.2) is 42.4 Å². The number of nitrogens with one attached hydrogen (secondary N) is 1. The molecule has 1 aliphatic heterocycles. The maximum atomic E-state index is 12.3. The molecule has 1 atom stereocenters. The number of aromatic hydroxyl groups is 2. The van der Waals surface area contributed by atoms with E-state index >= 15 is 0 Å². The molecule has 2 heterocycles. The Labute approximate surface area is 126 Å². The minimum Gasteiger partial charge on any atom is -0.504 e. The minimum absolute atomic E-state index is 0.0427. The van der Waals surface area contributed by atoms with Gasteiger partial charge in [-0.05, 0) is 41.8 Å². The number of tetrazole rings is 1. The van der Waals surface area contributed by atoms with E-state index in [2.05, 4.69) is 20.8 Å².